The molecule has 118 valence electrons. The number of amides is 1. The minimum absolute atomic E-state index is 0.151. The number of hydrogen-bond acceptors (Lipinski definition) is 2. The van der Waals surface area contributed by atoms with Gasteiger partial charge in [-0.15, -0.1) is 0 Å². The first-order valence-corrected chi connectivity index (χ1v) is 8.13. The zero-order valence-electron chi connectivity index (χ0n) is 13.4. The Kier molecular flexibility index (Phi) is 4.48. The van der Waals surface area contributed by atoms with Gasteiger partial charge in [0.05, 0.1) is 0 Å². The summed E-state index contributed by atoms with van der Waals surface area (Å²) in [5.74, 6) is 0.918. The summed E-state index contributed by atoms with van der Waals surface area (Å²) in [5.41, 5.74) is 2.36. The zero-order valence-corrected chi connectivity index (χ0v) is 13.4. The molecule has 1 fully saturated rings. The molecule has 0 radical (unpaired) electrons. The minimum atomic E-state index is 0.151. The number of aromatic nitrogens is 1. The number of nitrogens with one attached hydrogen (secondary N) is 2. The number of benzene rings is 1. The van der Waals surface area contributed by atoms with Gasteiger partial charge in [-0.25, -0.2) is 0 Å². The summed E-state index contributed by atoms with van der Waals surface area (Å²) in [6.07, 6.45) is 5.95. The fourth-order valence-corrected chi connectivity index (χ4v) is 3.15. The average molecular weight is 299 g/mol. The van der Waals surface area contributed by atoms with Crippen LogP contribution in [0.15, 0.2) is 30.5 Å². The molecular formula is C18H25N3O. The van der Waals surface area contributed by atoms with Crippen molar-refractivity contribution < 1.29 is 4.79 Å². The third-order valence-corrected chi connectivity index (χ3v) is 4.63. The second-order valence-electron chi connectivity index (χ2n) is 6.53. The van der Waals surface area contributed by atoms with Crippen molar-refractivity contribution in [1.82, 2.24) is 15.2 Å². The highest BCUT2D eigenvalue weighted by atomic mass is 16.1. The summed E-state index contributed by atoms with van der Waals surface area (Å²) in [7, 11) is 4.20. The maximum atomic E-state index is 12.1. The summed E-state index contributed by atoms with van der Waals surface area (Å²) in [4.78, 5) is 17.6. The van der Waals surface area contributed by atoms with Gasteiger partial charge in [0.25, 0.3) is 0 Å². The molecule has 2 aromatic rings. The van der Waals surface area contributed by atoms with Crippen molar-refractivity contribution in [2.75, 3.05) is 20.6 Å². The predicted molar refractivity (Wildman–Crippen MR) is 89.8 cm³/mol. The SMILES string of the molecule is CN(C)C(CNC(=O)CCc1c[nH]c2ccccc12)C1CC1. The number of likely N-dealkylation sites (N-methyl/N-ethyl adjacent to an activating group) is 1. The Morgan fingerprint density at radius 3 is 2.86 bits per heavy atom. The molecule has 1 saturated carbocycles. The molecule has 1 aliphatic carbocycles. The maximum Gasteiger partial charge on any atom is 0.220 e. The Balaban J connectivity index is 1.50. The molecule has 1 heterocycles. The standard InChI is InChI=1S/C18H25N3O/c1-21(2)17(13-7-8-13)12-20-18(22)10-9-14-11-19-16-6-4-3-5-15(14)16/h3-6,11,13,17,19H,7-10,12H2,1-2H3,(H,20,22). The smallest absolute Gasteiger partial charge is 0.220 e. The Labute approximate surface area is 131 Å². The van der Waals surface area contributed by atoms with E-state index in [0.717, 1.165) is 24.4 Å². The monoisotopic (exact) mass is 299 g/mol. The molecule has 1 atom stereocenters. The van der Waals surface area contributed by atoms with Crippen LogP contribution in [0.3, 0.4) is 0 Å². The lowest BCUT2D eigenvalue weighted by molar-refractivity contribution is -0.121. The van der Waals surface area contributed by atoms with E-state index in [0.29, 0.717) is 12.5 Å². The first-order chi connectivity index (χ1) is 10.6. The van der Waals surface area contributed by atoms with Crippen LogP contribution in [0.4, 0.5) is 0 Å². The largest absolute Gasteiger partial charge is 0.361 e. The van der Waals surface area contributed by atoms with Crippen LogP contribution in [0, 0.1) is 5.92 Å². The molecule has 0 saturated heterocycles. The first kappa shape index (κ1) is 15.1. The Morgan fingerprint density at radius 1 is 1.36 bits per heavy atom. The van der Waals surface area contributed by atoms with Crippen LogP contribution in [0.5, 0.6) is 0 Å². The van der Waals surface area contributed by atoms with Gasteiger partial charge in [-0.05, 0) is 50.9 Å². The van der Waals surface area contributed by atoms with Crippen LogP contribution in [-0.2, 0) is 11.2 Å². The number of rotatable bonds is 7. The normalized spacial score (nSPS) is 16.1. The zero-order chi connectivity index (χ0) is 15.5. The van der Waals surface area contributed by atoms with E-state index < -0.39 is 0 Å². The van der Waals surface area contributed by atoms with Crippen molar-refractivity contribution in [2.24, 2.45) is 5.92 Å². The second-order valence-corrected chi connectivity index (χ2v) is 6.53. The molecule has 3 rings (SSSR count). The number of fused-ring (bicyclic) bond motifs is 1. The first-order valence-electron chi connectivity index (χ1n) is 8.13. The number of para-hydroxylation sites is 1. The molecule has 0 spiro atoms. The molecule has 2 N–H and O–H groups in total. The van der Waals surface area contributed by atoms with Gasteiger partial charge in [0.15, 0.2) is 0 Å². The van der Waals surface area contributed by atoms with Crippen LogP contribution in [0.2, 0.25) is 0 Å². The van der Waals surface area contributed by atoms with E-state index >= 15 is 0 Å². The predicted octanol–water partition coefficient (Wildman–Crippen LogP) is 2.56. The quantitative estimate of drug-likeness (QED) is 0.825. The molecule has 0 bridgehead atoms. The molecule has 22 heavy (non-hydrogen) atoms. The number of carbonyl (C=O) groups excluding carboxylic acids is 1. The van der Waals surface area contributed by atoms with Gasteiger partial charge in [-0.2, -0.15) is 0 Å². The van der Waals surface area contributed by atoms with Crippen molar-refractivity contribution in [3.63, 3.8) is 0 Å². The number of H-pyrrole nitrogens is 1. The van der Waals surface area contributed by atoms with Gasteiger partial charge < -0.3 is 15.2 Å². The van der Waals surface area contributed by atoms with E-state index in [1.54, 1.807) is 0 Å². The van der Waals surface area contributed by atoms with Crippen LogP contribution in [-0.4, -0.2) is 42.5 Å². The topological polar surface area (TPSA) is 48.1 Å². The number of aryl methyl sites for hydroxylation is 1. The summed E-state index contributed by atoms with van der Waals surface area (Å²) in [5, 5.41) is 4.33. The lowest BCUT2D eigenvalue weighted by atomic mass is 10.1. The maximum absolute atomic E-state index is 12.1. The van der Waals surface area contributed by atoms with Gasteiger partial charge in [-0.3, -0.25) is 4.79 Å². The molecule has 4 nitrogen and oxygen atoms in total. The lowest BCUT2D eigenvalue weighted by Gasteiger charge is -2.24. The molecular weight excluding hydrogens is 274 g/mol. The van der Waals surface area contributed by atoms with Gasteiger partial charge in [0.2, 0.25) is 5.91 Å². The molecule has 1 aromatic carbocycles. The van der Waals surface area contributed by atoms with E-state index in [4.69, 9.17) is 0 Å². The van der Waals surface area contributed by atoms with E-state index in [1.807, 2.05) is 18.3 Å². The molecule has 0 aliphatic heterocycles. The molecule has 1 aromatic heterocycles. The van der Waals surface area contributed by atoms with Crippen molar-refractivity contribution in [2.45, 2.75) is 31.7 Å². The highest BCUT2D eigenvalue weighted by Crippen LogP contribution is 2.34. The number of carbonyl (C=O) groups is 1. The van der Waals surface area contributed by atoms with Crippen molar-refractivity contribution in [3.05, 3.63) is 36.0 Å². The summed E-state index contributed by atoms with van der Waals surface area (Å²) >= 11 is 0. The van der Waals surface area contributed by atoms with Crippen LogP contribution < -0.4 is 5.32 Å². The van der Waals surface area contributed by atoms with Crippen LogP contribution >= 0.6 is 0 Å². The molecule has 4 heteroatoms. The number of aromatic amines is 1. The van der Waals surface area contributed by atoms with E-state index in [-0.39, 0.29) is 5.91 Å². The van der Waals surface area contributed by atoms with Crippen molar-refractivity contribution in [1.29, 1.82) is 0 Å². The molecule has 1 amide bonds. The third kappa shape index (κ3) is 3.50. The Hall–Kier alpha value is -1.81. The molecule has 1 aliphatic rings. The Morgan fingerprint density at radius 2 is 2.14 bits per heavy atom. The summed E-state index contributed by atoms with van der Waals surface area (Å²) in [6.45, 7) is 0.768. The van der Waals surface area contributed by atoms with Gasteiger partial charge >= 0.3 is 0 Å². The van der Waals surface area contributed by atoms with Gasteiger partial charge in [-0.1, -0.05) is 18.2 Å². The number of nitrogens with zero attached hydrogens (tertiary/aromatic N) is 1. The summed E-state index contributed by atoms with van der Waals surface area (Å²) < 4.78 is 0. The van der Waals surface area contributed by atoms with Gasteiger partial charge in [0, 0.05) is 36.1 Å². The van der Waals surface area contributed by atoms with Crippen molar-refractivity contribution in [3.8, 4) is 0 Å². The fourth-order valence-electron chi connectivity index (χ4n) is 3.15. The number of hydrogen-bond donors (Lipinski definition) is 2. The summed E-state index contributed by atoms with van der Waals surface area (Å²) in [6, 6.07) is 8.72. The van der Waals surface area contributed by atoms with E-state index in [2.05, 4.69) is 41.4 Å². The fraction of sp³-hybridized carbons (Fsp3) is 0.500. The third-order valence-electron chi connectivity index (χ3n) is 4.63. The van der Waals surface area contributed by atoms with Crippen LogP contribution in [0.1, 0.15) is 24.8 Å². The highest BCUT2D eigenvalue weighted by molar-refractivity contribution is 5.84. The average Bonchev–Trinajstić information content (AvgIpc) is 3.25. The highest BCUT2D eigenvalue weighted by Gasteiger charge is 2.32. The lowest BCUT2D eigenvalue weighted by Crippen LogP contribution is -2.41. The van der Waals surface area contributed by atoms with Crippen LogP contribution in [0.25, 0.3) is 10.9 Å². The van der Waals surface area contributed by atoms with E-state index in [1.165, 1.54) is 23.8 Å². The van der Waals surface area contributed by atoms with E-state index in [9.17, 15) is 4.79 Å². The Bertz CT molecular complexity index is 641. The minimum Gasteiger partial charge on any atom is -0.361 e. The van der Waals surface area contributed by atoms with Gasteiger partial charge in [0.1, 0.15) is 0 Å². The molecule has 1 unspecified atom stereocenters. The second kappa shape index (κ2) is 6.53. The van der Waals surface area contributed by atoms with Crippen molar-refractivity contribution >= 4 is 16.8 Å².